The van der Waals surface area contributed by atoms with E-state index in [-0.39, 0.29) is 24.1 Å². The Bertz CT molecular complexity index is 1210. The lowest BCUT2D eigenvalue weighted by atomic mass is 10.1. The Labute approximate surface area is 206 Å². The molecule has 1 unspecified atom stereocenters. The van der Waals surface area contributed by atoms with E-state index in [4.69, 9.17) is 14.6 Å². The Hall–Kier alpha value is -3.89. The van der Waals surface area contributed by atoms with Gasteiger partial charge in [0.25, 0.3) is 11.8 Å². The average Bonchev–Trinajstić information content (AvgIpc) is 3.15. The molecule has 2 amide bonds. The van der Waals surface area contributed by atoms with Crippen LogP contribution in [0.3, 0.4) is 0 Å². The summed E-state index contributed by atoms with van der Waals surface area (Å²) >= 11 is 1.56. The average molecular weight is 493 g/mol. The Morgan fingerprint density at radius 1 is 1.00 bits per heavy atom. The van der Waals surface area contributed by atoms with Crippen molar-refractivity contribution in [2.24, 2.45) is 0 Å². The lowest BCUT2D eigenvalue weighted by Gasteiger charge is -2.18. The number of benzene rings is 2. The first kappa shape index (κ1) is 24.2. The molecule has 1 aliphatic heterocycles. The van der Waals surface area contributed by atoms with Gasteiger partial charge in [-0.25, -0.2) is 0 Å². The molecule has 3 aromatic rings. The van der Waals surface area contributed by atoms with Gasteiger partial charge in [-0.2, -0.15) is 9.97 Å². The lowest BCUT2D eigenvalue weighted by Crippen LogP contribution is -2.34. The summed E-state index contributed by atoms with van der Waals surface area (Å²) in [6.07, 6.45) is 1.24. The summed E-state index contributed by atoms with van der Waals surface area (Å²) < 4.78 is 10.7. The fraction of sp³-hybridized carbons (Fsp3) is 0.200. The van der Waals surface area contributed by atoms with Gasteiger partial charge in [-0.3, -0.25) is 14.5 Å². The van der Waals surface area contributed by atoms with Gasteiger partial charge in [-0.1, -0.05) is 30.3 Å². The minimum Gasteiger partial charge on any atom is -0.481 e. The first-order valence-corrected chi connectivity index (χ1v) is 11.6. The number of β-amino-alcohol motifs (C(OH)–C–C–N with tert-alkyl or cyclic N) is 1. The molecule has 1 aliphatic rings. The molecule has 0 spiro atoms. The summed E-state index contributed by atoms with van der Waals surface area (Å²) in [4.78, 5) is 35.4. The summed E-state index contributed by atoms with van der Waals surface area (Å²) in [5.41, 5.74) is 1.84. The number of nitrogens with zero attached hydrogens (tertiary/aromatic N) is 3. The van der Waals surface area contributed by atoms with Crippen molar-refractivity contribution in [3.05, 3.63) is 83.8 Å². The van der Waals surface area contributed by atoms with Crippen LogP contribution in [0, 0.1) is 0 Å². The van der Waals surface area contributed by atoms with E-state index in [9.17, 15) is 9.59 Å². The van der Waals surface area contributed by atoms with Gasteiger partial charge in [0.15, 0.2) is 5.82 Å². The van der Waals surface area contributed by atoms with Gasteiger partial charge in [0.2, 0.25) is 11.8 Å². The Morgan fingerprint density at radius 3 is 2.26 bits per heavy atom. The second-order valence-corrected chi connectivity index (χ2v) is 8.62. The fourth-order valence-corrected chi connectivity index (χ4v) is 4.53. The van der Waals surface area contributed by atoms with Crippen LogP contribution in [0.25, 0.3) is 0 Å². The topological polar surface area (TPSA) is 114 Å². The maximum Gasteiger partial charge on any atom is 0.277 e. The van der Waals surface area contributed by atoms with Gasteiger partial charge in [0, 0.05) is 16.7 Å². The number of hydrogen-bond donors (Lipinski definition) is 2. The number of amides is 2. The highest BCUT2D eigenvalue weighted by Gasteiger charge is 2.30. The summed E-state index contributed by atoms with van der Waals surface area (Å²) in [7, 11) is 3.09. The number of methoxy groups -OCH3 is 2. The predicted octanol–water partition coefficient (Wildman–Crippen LogP) is 3.03. The van der Waals surface area contributed by atoms with Gasteiger partial charge < -0.3 is 19.9 Å². The van der Waals surface area contributed by atoms with Crippen LogP contribution >= 0.6 is 11.8 Å². The molecular weight excluding hydrogens is 468 g/mol. The van der Waals surface area contributed by atoms with Gasteiger partial charge >= 0.3 is 0 Å². The van der Waals surface area contributed by atoms with Crippen LogP contribution in [-0.2, 0) is 9.59 Å². The SMILES string of the molecule is COc1cc(OC)nc(C(Sc2ccc(NC3=CC(=O)N(CCO)C3=O)cc2)c2ccccc2)n1. The van der Waals surface area contributed by atoms with E-state index >= 15 is 0 Å². The zero-order valence-electron chi connectivity index (χ0n) is 19.2. The molecule has 9 nitrogen and oxygen atoms in total. The van der Waals surface area contributed by atoms with Crippen LogP contribution in [0.5, 0.6) is 11.8 Å². The van der Waals surface area contributed by atoms with Crippen molar-refractivity contribution in [1.82, 2.24) is 14.9 Å². The number of rotatable bonds is 10. The van der Waals surface area contributed by atoms with Crippen molar-refractivity contribution in [3.8, 4) is 11.8 Å². The van der Waals surface area contributed by atoms with Crippen molar-refractivity contribution in [2.75, 3.05) is 32.7 Å². The third kappa shape index (κ3) is 5.61. The van der Waals surface area contributed by atoms with E-state index in [1.165, 1.54) is 6.08 Å². The maximum absolute atomic E-state index is 12.4. The number of thioether (sulfide) groups is 1. The standard InChI is InChI=1S/C25H24N4O5S/c1-33-20-15-21(34-2)28-24(27-20)23(16-6-4-3-5-7-16)35-18-10-8-17(9-11-18)26-19-14-22(31)29(12-13-30)25(19)32/h3-11,14-15,23,26,30H,12-13H2,1-2H3. The predicted molar refractivity (Wildman–Crippen MR) is 131 cm³/mol. The van der Waals surface area contributed by atoms with E-state index in [2.05, 4.69) is 15.3 Å². The first-order valence-electron chi connectivity index (χ1n) is 10.8. The van der Waals surface area contributed by atoms with Crippen molar-refractivity contribution in [3.63, 3.8) is 0 Å². The smallest absolute Gasteiger partial charge is 0.277 e. The highest BCUT2D eigenvalue weighted by molar-refractivity contribution is 7.99. The van der Waals surface area contributed by atoms with E-state index in [1.807, 2.05) is 54.6 Å². The molecular formula is C25H24N4O5S. The van der Waals surface area contributed by atoms with E-state index in [1.54, 1.807) is 32.0 Å². The normalized spacial score (nSPS) is 14.0. The Balaban J connectivity index is 1.56. The Morgan fingerprint density at radius 2 is 1.66 bits per heavy atom. The monoisotopic (exact) mass is 492 g/mol. The van der Waals surface area contributed by atoms with E-state index < -0.39 is 11.8 Å². The van der Waals surface area contributed by atoms with Gasteiger partial charge in [0.05, 0.1) is 38.7 Å². The van der Waals surface area contributed by atoms with Crippen LogP contribution in [0.15, 0.2) is 77.3 Å². The molecule has 0 radical (unpaired) electrons. The van der Waals surface area contributed by atoms with Crippen molar-refractivity contribution >= 4 is 29.3 Å². The van der Waals surface area contributed by atoms with E-state index in [0.717, 1.165) is 15.4 Å². The molecule has 4 rings (SSSR count). The van der Waals surface area contributed by atoms with Crippen molar-refractivity contribution in [1.29, 1.82) is 0 Å². The van der Waals surface area contributed by atoms with Crippen LogP contribution < -0.4 is 14.8 Å². The molecule has 180 valence electrons. The molecule has 10 heteroatoms. The molecule has 35 heavy (non-hydrogen) atoms. The number of aliphatic hydroxyl groups excluding tert-OH is 1. The third-order valence-corrected chi connectivity index (χ3v) is 6.43. The molecule has 1 aromatic heterocycles. The maximum atomic E-state index is 12.4. The molecule has 2 N–H and O–H groups in total. The van der Waals surface area contributed by atoms with Gasteiger partial charge in [0.1, 0.15) is 5.70 Å². The zero-order chi connectivity index (χ0) is 24.8. The number of aliphatic hydroxyl groups is 1. The zero-order valence-corrected chi connectivity index (χ0v) is 20.0. The quantitative estimate of drug-likeness (QED) is 0.326. The highest BCUT2D eigenvalue weighted by atomic mass is 32.2. The number of ether oxygens (including phenoxy) is 2. The lowest BCUT2D eigenvalue weighted by molar-refractivity contribution is -0.137. The van der Waals surface area contributed by atoms with Crippen LogP contribution in [0.4, 0.5) is 5.69 Å². The third-order valence-electron chi connectivity index (χ3n) is 5.17. The minimum absolute atomic E-state index is 0.0348. The minimum atomic E-state index is -0.462. The number of aromatic nitrogens is 2. The molecule has 2 aromatic carbocycles. The Kier molecular flexibility index (Phi) is 7.64. The summed E-state index contributed by atoms with van der Waals surface area (Å²) in [5, 5.41) is 11.8. The molecule has 0 saturated heterocycles. The molecule has 0 fully saturated rings. The number of anilines is 1. The molecule has 1 atom stereocenters. The van der Waals surface area contributed by atoms with Gasteiger partial charge in [-0.15, -0.1) is 11.8 Å². The summed E-state index contributed by atoms with van der Waals surface area (Å²) in [5.74, 6) is 0.456. The second-order valence-electron chi connectivity index (χ2n) is 7.45. The number of carbonyl (C=O) groups is 2. The molecule has 0 aliphatic carbocycles. The summed E-state index contributed by atoms with van der Waals surface area (Å²) in [6.45, 7) is -0.317. The number of carbonyl (C=O) groups excluding carboxylic acids is 2. The van der Waals surface area contributed by atoms with Crippen molar-refractivity contribution in [2.45, 2.75) is 10.1 Å². The van der Waals surface area contributed by atoms with Crippen LogP contribution in [0.1, 0.15) is 16.6 Å². The number of hydrogen-bond acceptors (Lipinski definition) is 9. The first-order chi connectivity index (χ1) is 17.0. The van der Waals surface area contributed by atoms with Crippen LogP contribution in [0.2, 0.25) is 0 Å². The molecule has 0 bridgehead atoms. The molecule has 2 heterocycles. The van der Waals surface area contributed by atoms with E-state index in [0.29, 0.717) is 23.3 Å². The number of nitrogens with one attached hydrogen (secondary N) is 1. The van der Waals surface area contributed by atoms with Crippen LogP contribution in [-0.4, -0.2) is 59.2 Å². The fourth-order valence-electron chi connectivity index (χ4n) is 3.46. The second kappa shape index (κ2) is 11.0. The van der Waals surface area contributed by atoms with Gasteiger partial charge in [-0.05, 0) is 29.8 Å². The molecule has 0 saturated carbocycles. The largest absolute Gasteiger partial charge is 0.481 e. The number of imide groups is 1. The van der Waals surface area contributed by atoms with Crippen molar-refractivity contribution < 1.29 is 24.2 Å². The summed E-state index contributed by atoms with van der Waals surface area (Å²) in [6, 6.07) is 19.0. The highest BCUT2D eigenvalue weighted by Crippen LogP contribution is 2.40.